The molecule has 20 heavy (non-hydrogen) atoms. The van der Waals surface area contributed by atoms with Gasteiger partial charge in [0.25, 0.3) is 0 Å². The largest absolute Gasteiger partial charge is 0.388 e. The van der Waals surface area contributed by atoms with E-state index in [0.717, 1.165) is 24.8 Å². The Bertz CT molecular complexity index is 612. The maximum absolute atomic E-state index is 10.5. The highest BCUT2D eigenvalue weighted by Crippen LogP contribution is 2.44. The van der Waals surface area contributed by atoms with Crippen LogP contribution in [0.25, 0.3) is 0 Å². The molecule has 3 unspecified atom stereocenters. The summed E-state index contributed by atoms with van der Waals surface area (Å²) in [6.07, 6.45) is 3.02. The van der Waals surface area contributed by atoms with E-state index in [4.69, 9.17) is 0 Å². The third-order valence-corrected chi connectivity index (χ3v) is 5.93. The van der Waals surface area contributed by atoms with Gasteiger partial charge in [-0.25, -0.2) is 0 Å². The topological polar surface area (TPSA) is 20.2 Å². The second-order valence-electron chi connectivity index (χ2n) is 5.90. The molecule has 1 aliphatic carbocycles. The number of thioether (sulfide) groups is 1. The molecule has 2 heteroatoms. The summed E-state index contributed by atoms with van der Waals surface area (Å²) in [5.41, 5.74) is 3.97. The minimum absolute atomic E-state index is 0.268. The van der Waals surface area contributed by atoms with Gasteiger partial charge in [0.2, 0.25) is 0 Å². The van der Waals surface area contributed by atoms with Gasteiger partial charge in [0.15, 0.2) is 0 Å². The molecular formula is C18H18OS. The van der Waals surface area contributed by atoms with Crippen LogP contribution >= 0.6 is 11.8 Å². The van der Waals surface area contributed by atoms with Crippen molar-refractivity contribution >= 4 is 11.8 Å². The van der Waals surface area contributed by atoms with Gasteiger partial charge in [-0.2, -0.15) is 0 Å². The summed E-state index contributed by atoms with van der Waals surface area (Å²) in [5.74, 6) is 0.388. The lowest BCUT2D eigenvalue weighted by atomic mass is 9.95. The predicted octanol–water partition coefficient (Wildman–Crippen LogP) is 4.00. The molecule has 1 aliphatic heterocycles. The van der Waals surface area contributed by atoms with Gasteiger partial charge in [-0.1, -0.05) is 42.5 Å². The van der Waals surface area contributed by atoms with E-state index in [9.17, 15) is 5.11 Å². The van der Waals surface area contributed by atoms with Crippen LogP contribution in [0.2, 0.25) is 0 Å². The zero-order valence-electron chi connectivity index (χ0n) is 11.3. The standard InChI is InChI=1S/C18H18OS/c19-18-14(9-12-5-1-3-7-16(12)18)11-15-10-13-6-2-4-8-17(13)20-15/h1-8,14-15,18-19H,9-11H2. The lowest BCUT2D eigenvalue weighted by Crippen LogP contribution is -2.14. The monoisotopic (exact) mass is 282 g/mol. The molecule has 2 aromatic carbocycles. The molecule has 0 saturated heterocycles. The van der Waals surface area contributed by atoms with E-state index in [1.54, 1.807) is 0 Å². The third-order valence-electron chi connectivity index (χ3n) is 4.58. The van der Waals surface area contributed by atoms with Crippen molar-refractivity contribution in [2.75, 3.05) is 0 Å². The fourth-order valence-electron chi connectivity index (χ4n) is 3.59. The van der Waals surface area contributed by atoms with Crippen LogP contribution in [0.3, 0.4) is 0 Å². The first-order chi connectivity index (χ1) is 9.81. The Labute approximate surface area is 124 Å². The van der Waals surface area contributed by atoms with Crippen molar-refractivity contribution < 1.29 is 5.11 Å². The van der Waals surface area contributed by atoms with Crippen LogP contribution in [-0.2, 0) is 12.8 Å². The first-order valence-electron chi connectivity index (χ1n) is 7.31. The average molecular weight is 282 g/mol. The summed E-state index contributed by atoms with van der Waals surface area (Å²) in [6, 6.07) is 17.1. The first kappa shape index (κ1) is 12.5. The fraction of sp³-hybridized carbons (Fsp3) is 0.333. The molecule has 0 spiro atoms. The summed E-state index contributed by atoms with van der Waals surface area (Å²) in [7, 11) is 0. The number of benzene rings is 2. The molecule has 102 valence electrons. The van der Waals surface area contributed by atoms with Gasteiger partial charge in [-0.15, -0.1) is 11.8 Å². The molecule has 0 radical (unpaired) electrons. The minimum Gasteiger partial charge on any atom is -0.388 e. The zero-order chi connectivity index (χ0) is 13.5. The van der Waals surface area contributed by atoms with Crippen molar-refractivity contribution in [3.8, 4) is 0 Å². The van der Waals surface area contributed by atoms with Crippen LogP contribution in [0.15, 0.2) is 53.4 Å². The molecule has 0 fully saturated rings. The normalized spacial score (nSPS) is 27.4. The summed E-state index contributed by atoms with van der Waals surface area (Å²) in [5, 5.41) is 11.1. The molecule has 1 N–H and O–H groups in total. The zero-order valence-corrected chi connectivity index (χ0v) is 12.1. The quantitative estimate of drug-likeness (QED) is 0.898. The lowest BCUT2D eigenvalue weighted by molar-refractivity contribution is 0.118. The van der Waals surface area contributed by atoms with Crippen LogP contribution in [0, 0.1) is 5.92 Å². The van der Waals surface area contributed by atoms with Crippen molar-refractivity contribution in [2.45, 2.75) is 35.5 Å². The molecule has 1 heterocycles. The second kappa shape index (κ2) is 4.94. The average Bonchev–Trinajstić information content (AvgIpc) is 3.01. The molecule has 0 bridgehead atoms. The van der Waals surface area contributed by atoms with Crippen molar-refractivity contribution in [3.63, 3.8) is 0 Å². The number of rotatable bonds is 2. The fourth-order valence-corrected chi connectivity index (χ4v) is 5.02. The molecule has 0 amide bonds. The highest BCUT2D eigenvalue weighted by atomic mass is 32.2. The van der Waals surface area contributed by atoms with Gasteiger partial charge in [0, 0.05) is 10.1 Å². The van der Waals surface area contributed by atoms with Crippen LogP contribution in [0.1, 0.15) is 29.2 Å². The lowest BCUT2D eigenvalue weighted by Gasteiger charge is -2.18. The molecule has 0 aromatic heterocycles. The van der Waals surface area contributed by atoms with E-state index < -0.39 is 0 Å². The van der Waals surface area contributed by atoms with E-state index in [1.165, 1.54) is 16.0 Å². The Morgan fingerprint density at radius 3 is 2.50 bits per heavy atom. The Kier molecular flexibility index (Phi) is 3.08. The number of fused-ring (bicyclic) bond motifs is 2. The predicted molar refractivity (Wildman–Crippen MR) is 83.0 cm³/mol. The smallest absolute Gasteiger partial charge is 0.0824 e. The van der Waals surface area contributed by atoms with Crippen LogP contribution in [0.5, 0.6) is 0 Å². The number of aliphatic hydroxyl groups is 1. The number of hydrogen-bond acceptors (Lipinski definition) is 2. The molecule has 4 rings (SSSR count). The molecule has 2 aliphatic rings. The van der Waals surface area contributed by atoms with Crippen LogP contribution < -0.4 is 0 Å². The first-order valence-corrected chi connectivity index (χ1v) is 8.19. The SMILES string of the molecule is OC1c2ccccc2CC1CC1Cc2ccccc2S1. The Hall–Kier alpha value is -1.25. The minimum atomic E-state index is -0.268. The molecular weight excluding hydrogens is 264 g/mol. The van der Waals surface area contributed by atoms with Crippen molar-refractivity contribution in [2.24, 2.45) is 5.92 Å². The maximum atomic E-state index is 10.5. The van der Waals surface area contributed by atoms with Crippen LogP contribution in [0.4, 0.5) is 0 Å². The number of aliphatic hydroxyl groups excluding tert-OH is 1. The molecule has 0 saturated carbocycles. The van der Waals surface area contributed by atoms with Crippen molar-refractivity contribution in [3.05, 3.63) is 65.2 Å². The maximum Gasteiger partial charge on any atom is 0.0824 e. The Morgan fingerprint density at radius 1 is 0.950 bits per heavy atom. The van der Waals surface area contributed by atoms with Gasteiger partial charge in [-0.05, 0) is 47.9 Å². The summed E-state index contributed by atoms with van der Waals surface area (Å²) in [6.45, 7) is 0. The van der Waals surface area contributed by atoms with Gasteiger partial charge in [0.1, 0.15) is 0 Å². The highest BCUT2D eigenvalue weighted by Gasteiger charge is 2.34. The van der Waals surface area contributed by atoms with E-state index in [-0.39, 0.29) is 6.10 Å². The summed E-state index contributed by atoms with van der Waals surface area (Å²) in [4.78, 5) is 1.43. The van der Waals surface area contributed by atoms with Gasteiger partial charge in [-0.3, -0.25) is 0 Å². The van der Waals surface area contributed by atoms with E-state index >= 15 is 0 Å². The third kappa shape index (κ3) is 2.07. The van der Waals surface area contributed by atoms with Crippen molar-refractivity contribution in [1.82, 2.24) is 0 Å². The van der Waals surface area contributed by atoms with Crippen LogP contribution in [-0.4, -0.2) is 10.4 Å². The highest BCUT2D eigenvalue weighted by molar-refractivity contribution is 8.00. The Balaban J connectivity index is 1.48. The summed E-state index contributed by atoms with van der Waals surface area (Å²) >= 11 is 1.99. The van der Waals surface area contributed by atoms with Gasteiger partial charge in [0.05, 0.1) is 6.10 Å². The van der Waals surface area contributed by atoms with E-state index in [0.29, 0.717) is 11.2 Å². The summed E-state index contributed by atoms with van der Waals surface area (Å²) < 4.78 is 0. The Morgan fingerprint density at radius 2 is 1.70 bits per heavy atom. The van der Waals surface area contributed by atoms with Gasteiger partial charge < -0.3 is 5.11 Å². The molecule has 2 aromatic rings. The molecule has 3 atom stereocenters. The van der Waals surface area contributed by atoms with Crippen molar-refractivity contribution in [1.29, 1.82) is 0 Å². The van der Waals surface area contributed by atoms with E-state index in [1.807, 2.05) is 17.8 Å². The molecule has 1 nitrogen and oxygen atoms in total. The number of hydrogen-bond donors (Lipinski definition) is 1. The van der Waals surface area contributed by atoms with E-state index in [2.05, 4.69) is 42.5 Å². The second-order valence-corrected chi connectivity index (χ2v) is 7.24. The van der Waals surface area contributed by atoms with Gasteiger partial charge >= 0.3 is 0 Å².